The number of nitrogens with zero attached hydrogens (tertiary/aromatic N) is 2. The highest BCUT2D eigenvalue weighted by Gasteiger charge is 2.31. The fourth-order valence-electron chi connectivity index (χ4n) is 3.67. The van der Waals surface area contributed by atoms with Crippen LogP contribution in [0.5, 0.6) is 5.75 Å². The van der Waals surface area contributed by atoms with Crippen LogP contribution in [0.4, 0.5) is 10.2 Å². The van der Waals surface area contributed by atoms with Crippen molar-refractivity contribution < 1.29 is 13.9 Å². The zero-order chi connectivity index (χ0) is 20.7. The van der Waals surface area contributed by atoms with Gasteiger partial charge in [0.25, 0.3) is 5.56 Å². The average Bonchev–Trinajstić information content (AvgIpc) is 3.21. The van der Waals surface area contributed by atoms with E-state index in [1.54, 1.807) is 40.9 Å². The molecule has 150 valence electrons. The van der Waals surface area contributed by atoms with Crippen molar-refractivity contribution in [1.29, 1.82) is 0 Å². The predicted octanol–water partition coefficient (Wildman–Crippen LogP) is 3.95. The minimum Gasteiger partial charge on any atom is -0.489 e. The molecule has 1 unspecified atom stereocenters. The van der Waals surface area contributed by atoms with Crippen molar-refractivity contribution in [3.8, 4) is 5.75 Å². The summed E-state index contributed by atoms with van der Waals surface area (Å²) in [6.07, 6.45) is 1.95. The van der Waals surface area contributed by atoms with E-state index < -0.39 is 5.92 Å². The SMILES string of the molecule is O=C1CC(c2ccc(OCc3ccccc3F)cc2)c2c(n3ccsc3nc2=O)N1. The number of benzene rings is 2. The second-order valence-electron chi connectivity index (χ2n) is 6.99. The van der Waals surface area contributed by atoms with Gasteiger partial charge in [0.15, 0.2) is 4.96 Å². The lowest BCUT2D eigenvalue weighted by atomic mass is 9.87. The molecule has 0 aliphatic carbocycles. The van der Waals surface area contributed by atoms with E-state index in [1.165, 1.54) is 17.4 Å². The van der Waals surface area contributed by atoms with E-state index in [0.29, 0.717) is 27.7 Å². The van der Waals surface area contributed by atoms with Gasteiger partial charge in [0.05, 0.1) is 5.56 Å². The third-order valence-corrected chi connectivity index (χ3v) is 5.90. The van der Waals surface area contributed by atoms with Crippen LogP contribution in [0.3, 0.4) is 0 Å². The highest BCUT2D eigenvalue weighted by molar-refractivity contribution is 7.15. The Kier molecular flexibility index (Phi) is 4.55. The molecule has 30 heavy (non-hydrogen) atoms. The Bertz CT molecular complexity index is 1310. The summed E-state index contributed by atoms with van der Waals surface area (Å²) < 4.78 is 21.2. The first-order valence-electron chi connectivity index (χ1n) is 9.36. The second kappa shape index (κ2) is 7.38. The van der Waals surface area contributed by atoms with Crippen LogP contribution in [0.15, 0.2) is 64.9 Å². The van der Waals surface area contributed by atoms with Crippen LogP contribution >= 0.6 is 11.3 Å². The van der Waals surface area contributed by atoms with Crippen LogP contribution < -0.4 is 15.6 Å². The summed E-state index contributed by atoms with van der Waals surface area (Å²) in [5, 5.41) is 4.63. The maximum atomic E-state index is 13.7. The number of hydrogen-bond acceptors (Lipinski definition) is 5. The largest absolute Gasteiger partial charge is 0.489 e. The number of nitrogens with one attached hydrogen (secondary N) is 1. The normalized spacial score (nSPS) is 15.6. The standard InChI is InChI=1S/C22H16FN3O3S/c23-17-4-2-1-3-14(17)12-29-15-7-5-13(6-8-15)16-11-18(27)24-20-19(16)21(28)25-22-26(20)9-10-30-22/h1-10,16H,11-12H2,(H,24,27). The van der Waals surface area contributed by atoms with Crippen molar-refractivity contribution in [3.63, 3.8) is 0 Å². The van der Waals surface area contributed by atoms with Crippen molar-refractivity contribution in [2.45, 2.75) is 18.9 Å². The van der Waals surface area contributed by atoms with Gasteiger partial charge in [-0.3, -0.25) is 14.0 Å². The third-order valence-electron chi connectivity index (χ3n) is 5.14. The Labute approximate surface area is 174 Å². The summed E-state index contributed by atoms with van der Waals surface area (Å²) in [7, 11) is 0. The van der Waals surface area contributed by atoms with E-state index in [9.17, 15) is 14.0 Å². The molecular formula is C22H16FN3O3S. The number of thiazole rings is 1. The molecular weight excluding hydrogens is 405 g/mol. The summed E-state index contributed by atoms with van der Waals surface area (Å²) >= 11 is 1.34. The molecule has 6 nitrogen and oxygen atoms in total. The molecule has 5 rings (SSSR count). The molecule has 1 aliphatic heterocycles. The molecule has 0 saturated heterocycles. The summed E-state index contributed by atoms with van der Waals surface area (Å²) in [5.74, 6) is 0.189. The molecule has 0 saturated carbocycles. The molecule has 2 aromatic carbocycles. The molecule has 3 heterocycles. The van der Waals surface area contributed by atoms with Crippen molar-refractivity contribution in [3.05, 3.63) is 93.0 Å². The van der Waals surface area contributed by atoms with Crippen molar-refractivity contribution in [2.24, 2.45) is 0 Å². The molecule has 1 atom stereocenters. The van der Waals surface area contributed by atoms with Crippen molar-refractivity contribution in [2.75, 3.05) is 5.32 Å². The number of fused-ring (bicyclic) bond motifs is 3. The minimum absolute atomic E-state index is 0.113. The molecule has 1 N–H and O–H groups in total. The molecule has 1 amide bonds. The van der Waals surface area contributed by atoms with Gasteiger partial charge in [0, 0.05) is 29.5 Å². The summed E-state index contributed by atoms with van der Waals surface area (Å²) in [5.41, 5.74) is 1.43. The molecule has 0 radical (unpaired) electrons. The number of ether oxygens (including phenoxy) is 1. The van der Waals surface area contributed by atoms with Crippen LogP contribution in [0.1, 0.15) is 29.0 Å². The number of anilines is 1. The van der Waals surface area contributed by atoms with E-state index in [2.05, 4.69) is 10.3 Å². The van der Waals surface area contributed by atoms with E-state index in [0.717, 1.165) is 5.56 Å². The van der Waals surface area contributed by atoms with Gasteiger partial charge in [0.2, 0.25) is 5.91 Å². The summed E-state index contributed by atoms with van der Waals surface area (Å²) in [4.78, 5) is 29.7. The van der Waals surface area contributed by atoms with Gasteiger partial charge in [-0.15, -0.1) is 11.3 Å². The van der Waals surface area contributed by atoms with Crippen LogP contribution in [0.2, 0.25) is 0 Å². The predicted molar refractivity (Wildman–Crippen MR) is 112 cm³/mol. The Morgan fingerprint density at radius 3 is 2.77 bits per heavy atom. The van der Waals surface area contributed by atoms with Crippen LogP contribution in [-0.2, 0) is 11.4 Å². The first-order chi connectivity index (χ1) is 14.6. The van der Waals surface area contributed by atoms with Gasteiger partial charge in [-0.2, -0.15) is 4.98 Å². The molecule has 0 bridgehead atoms. The monoisotopic (exact) mass is 421 g/mol. The number of amides is 1. The number of hydrogen-bond donors (Lipinski definition) is 1. The van der Waals surface area contributed by atoms with Gasteiger partial charge in [-0.05, 0) is 23.8 Å². The lowest BCUT2D eigenvalue weighted by Crippen LogP contribution is -2.31. The third kappa shape index (κ3) is 3.25. The molecule has 8 heteroatoms. The number of carbonyl (C=O) groups is 1. The molecule has 0 fully saturated rings. The molecule has 4 aromatic rings. The maximum absolute atomic E-state index is 13.7. The van der Waals surface area contributed by atoms with E-state index in [-0.39, 0.29) is 30.3 Å². The smallest absolute Gasteiger partial charge is 0.279 e. The lowest BCUT2D eigenvalue weighted by Gasteiger charge is -2.25. The van der Waals surface area contributed by atoms with E-state index in [4.69, 9.17) is 4.74 Å². The quantitative estimate of drug-likeness (QED) is 0.542. The van der Waals surface area contributed by atoms with Crippen molar-refractivity contribution >= 4 is 28.0 Å². The highest BCUT2D eigenvalue weighted by atomic mass is 32.1. The van der Waals surface area contributed by atoms with E-state index >= 15 is 0 Å². The number of aromatic nitrogens is 2. The lowest BCUT2D eigenvalue weighted by molar-refractivity contribution is -0.116. The van der Waals surface area contributed by atoms with Gasteiger partial charge in [-0.1, -0.05) is 30.3 Å². The first-order valence-corrected chi connectivity index (χ1v) is 10.2. The minimum atomic E-state index is -0.397. The maximum Gasteiger partial charge on any atom is 0.279 e. The highest BCUT2D eigenvalue weighted by Crippen LogP contribution is 2.36. The summed E-state index contributed by atoms with van der Waals surface area (Å²) in [6, 6.07) is 13.6. The zero-order valence-corrected chi connectivity index (χ0v) is 16.5. The van der Waals surface area contributed by atoms with Gasteiger partial charge in [-0.25, -0.2) is 4.39 Å². The average molecular weight is 421 g/mol. The Hall–Kier alpha value is -3.52. The summed E-state index contributed by atoms with van der Waals surface area (Å²) in [6.45, 7) is 0.113. The van der Waals surface area contributed by atoms with Crippen molar-refractivity contribution in [1.82, 2.24) is 9.38 Å². The number of halogens is 1. The fraction of sp³-hybridized carbons (Fsp3) is 0.136. The zero-order valence-electron chi connectivity index (χ0n) is 15.7. The van der Waals surface area contributed by atoms with Gasteiger partial charge in [0.1, 0.15) is 24.0 Å². The van der Waals surface area contributed by atoms with Crippen LogP contribution in [-0.4, -0.2) is 15.3 Å². The van der Waals surface area contributed by atoms with Gasteiger partial charge >= 0.3 is 0 Å². The number of rotatable bonds is 4. The molecule has 2 aromatic heterocycles. The Morgan fingerprint density at radius 2 is 1.97 bits per heavy atom. The van der Waals surface area contributed by atoms with E-state index in [1.807, 2.05) is 17.5 Å². The Balaban J connectivity index is 1.45. The van der Waals surface area contributed by atoms with Crippen LogP contribution in [0.25, 0.3) is 4.96 Å². The van der Waals surface area contributed by atoms with Gasteiger partial charge < -0.3 is 10.1 Å². The fourth-order valence-corrected chi connectivity index (χ4v) is 4.38. The topological polar surface area (TPSA) is 72.7 Å². The first kappa shape index (κ1) is 18.5. The second-order valence-corrected chi connectivity index (χ2v) is 7.86. The Morgan fingerprint density at radius 1 is 1.17 bits per heavy atom. The molecule has 1 aliphatic rings. The molecule has 0 spiro atoms. The number of carbonyl (C=O) groups excluding carboxylic acids is 1. The van der Waals surface area contributed by atoms with Crippen LogP contribution in [0, 0.1) is 5.82 Å².